The van der Waals surface area contributed by atoms with E-state index < -0.39 is 12.5 Å². The maximum atomic E-state index is 12.6. The Morgan fingerprint density at radius 2 is 2.00 bits per heavy atom. The van der Waals surface area contributed by atoms with Crippen LogP contribution < -0.4 is 10.1 Å². The minimum absolute atomic E-state index is 0.0843. The fourth-order valence-electron chi connectivity index (χ4n) is 2.91. The predicted octanol–water partition coefficient (Wildman–Crippen LogP) is 4.53. The summed E-state index contributed by atoms with van der Waals surface area (Å²) in [6.07, 6.45) is 1.05. The molecule has 7 nitrogen and oxygen atoms in total. The van der Waals surface area contributed by atoms with Crippen LogP contribution in [0.2, 0.25) is 15.1 Å². The highest BCUT2D eigenvalue weighted by atomic mass is 35.5. The van der Waals surface area contributed by atoms with Crippen LogP contribution in [0.3, 0.4) is 0 Å². The van der Waals surface area contributed by atoms with E-state index in [1.807, 2.05) is 0 Å². The number of alkyl halides is 2. The standard InChI is InChI=1S/C18H18Cl3F2N3O4/c1-26-17(30-18(22)23)14(21)15(25-26)9-7-10(12(20)8-11(9)19)16(27)24-4-2-3-13-28-5-6-29-13/h7-8,13,18H,2-6H2,1H3,(H,24,27). The third-order valence-electron chi connectivity index (χ3n) is 4.29. The van der Waals surface area contributed by atoms with Crippen molar-refractivity contribution in [2.45, 2.75) is 25.7 Å². The quantitative estimate of drug-likeness (QED) is 0.557. The Morgan fingerprint density at radius 3 is 2.67 bits per heavy atom. The average molecular weight is 485 g/mol. The van der Waals surface area contributed by atoms with Crippen LogP contribution >= 0.6 is 34.8 Å². The summed E-state index contributed by atoms with van der Waals surface area (Å²) < 4.78 is 41.3. The van der Waals surface area contributed by atoms with E-state index in [4.69, 9.17) is 44.3 Å². The lowest BCUT2D eigenvalue weighted by atomic mass is 10.1. The third-order valence-corrected chi connectivity index (χ3v) is 5.26. The fraction of sp³-hybridized carbons (Fsp3) is 0.444. The Balaban J connectivity index is 1.76. The number of rotatable bonds is 8. The molecule has 0 spiro atoms. The molecular formula is C18H18Cl3F2N3O4. The molecule has 2 heterocycles. The molecule has 30 heavy (non-hydrogen) atoms. The highest BCUT2D eigenvalue weighted by molar-refractivity contribution is 6.39. The van der Waals surface area contributed by atoms with Crippen molar-refractivity contribution in [3.63, 3.8) is 0 Å². The van der Waals surface area contributed by atoms with Crippen LogP contribution in [0.4, 0.5) is 8.78 Å². The zero-order valence-electron chi connectivity index (χ0n) is 15.8. The summed E-state index contributed by atoms with van der Waals surface area (Å²) in [7, 11) is 1.39. The Kier molecular flexibility index (Phi) is 7.75. The molecule has 3 rings (SSSR count). The Hall–Kier alpha value is -1.65. The number of hydrogen-bond donors (Lipinski definition) is 1. The van der Waals surface area contributed by atoms with Gasteiger partial charge in [0.1, 0.15) is 10.7 Å². The van der Waals surface area contributed by atoms with Crippen LogP contribution in [0.5, 0.6) is 5.88 Å². The van der Waals surface area contributed by atoms with Gasteiger partial charge in [0.2, 0.25) is 5.88 Å². The van der Waals surface area contributed by atoms with Crippen molar-refractivity contribution in [2.24, 2.45) is 7.05 Å². The summed E-state index contributed by atoms with van der Waals surface area (Å²) in [5.41, 5.74) is 0.479. The first kappa shape index (κ1) is 23.0. The van der Waals surface area contributed by atoms with E-state index in [1.54, 1.807) is 0 Å². The first-order valence-corrected chi connectivity index (χ1v) is 10.1. The molecule has 1 aliphatic rings. The van der Waals surface area contributed by atoms with Gasteiger partial charge in [-0.05, 0) is 18.6 Å². The van der Waals surface area contributed by atoms with E-state index in [1.165, 1.54) is 19.2 Å². The van der Waals surface area contributed by atoms with E-state index in [0.717, 1.165) is 4.68 Å². The van der Waals surface area contributed by atoms with Gasteiger partial charge in [0.05, 0.1) is 28.8 Å². The van der Waals surface area contributed by atoms with E-state index in [2.05, 4.69) is 15.2 Å². The summed E-state index contributed by atoms with van der Waals surface area (Å²) in [4.78, 5) is 12.6. The van der Waals surface area contributed by atoms with E-state index >= 15 is 0 Å². The van der Waals surface area contributed by atoms with Crippen molar-refractivity contribution in [1.82, 2.24) is 15.1 Å². The lowest BCUT2D eigenvalue weighted by Crippen LogP contribution is -2.25. The Labute approximate surface area is 186 Å². The SMILES string of the molecule is Cn1nc(-c2cc(C(=O)NCCCC3OCCO3)c(Cl)cc2Cl)c(Cl)c1OC(F)F. The van der Waals surface area contributed by atoms with Crippen molar-refractivity contribution < 1.29 is 27.8 Å². The van der Waals surface area contributed by atoms with Gasteiger partial charge in [-0.15, -0.1) is 0 Å². The van der Waals surface area contributed by atoms with Crippen LogP contribution in [0, 0.1) is 0 Å². The maximum absolute atomic E-state index is 12.6. The number of carbonyl (C=O) groups is 1. The summed E-state index contributed by atoms with van der Waals surface area (Å²) in [6.45, 7) is -1.55. The van der Waals surface area contributed by atoms with Gasteiger partial charge in [0.15, 0.2) is 6.29 Å². The van der Waals surface area contributed by atoms with Crippen molar-refractivity contribution in [3.05, 3.63) is 32.8 Å². The number of aryl methyl sites for hydroxylation is 1. The molecule has 0 aliphatic carbocycles. The lowest BCUT2D eigenvalue weighted by Gasteiger charge is -2.11. The minimum atomic E-state index is -3.08. The van der Waals surface area contributed by atoms with Crippen LogP contribution in [-0.4, -0.2) is 48.3 Å². The topological polar surface area (TPSA) is 74.6 Å². The first-order valence-electron chi connectivity index (χ1n) is 8.96. The van der Waals surface area contributed by atoms with Gasteiger partial charge in [0.25, 0.3) is 5.91 Å². The van der Waals surface area contributed by atoms with Gasteiger partial charge >= 0.3 is 6.61 Å². The summed E-state index contributed by atoms with van der Waals surface area (Å²) in [5.74, 6) is -0.752. The number of nitrogens with zero attached hydrogens (tertiary/aromatic N) is 2. The molecule has 1 aromatic heterocycles. The molecule has 0 radical (unpaired) electrons. The molecule has 1 N–H and O–H groups in total. The maximum Gasteiger partial charge on any atom is 0.388 e. The fourth-order valence-corrected chi connectivity index (χ4v) is 3.78. The highest BCUT2D eigenvalue weighted by Gasteiger charge is 2.24. The molecule has 1 aromatic carbocycles. The number of halogens is 5. The smallest absolute Gasteiger partial charge is 0.388 e. The molecule has 12 heteroatoms. The minimum Gasteiger partial charge on any atom is -0.416 e. The normalized spacial score (nSPS) is 14.5. The van der Waals surface area contributed by atoms with Crippen LogP contribution in [0.25, 0.3) is 11.3 Å². The molecule has 0 atom stereocenters. The summed E-state index contributed by atoms with van der Waals surface area (Å²) >= 11 is 18.6. The van der Waals surface area contributed by atoms with E-state index in [9.17, 15) is 13.6 Å². The average Bonchev–Trinajstić information content (AvgIpc) is 3.29. The molecule has 1 amide bonds. The molecule has 1 aliphatic heterocycles. The molecule has 1 fully saturated rings. The van der Waals surface area contributed by atoms with Gasteiger partial charge in [-0.1, -0.05) is 34.8 Å². The van der Waals surface area contributed by atoms with Crippen molar-refractivity contribution in [2.75, 3.05) is 19.8 Å². The van der Waals surface area contributed by atoms with E-state index in [-0.39, 0.29) is 44.1 Å². The molecule has 0 bridgehead atoms. The second-order valence-electron chi connectivity index (χ2n) is 6.35. The predicted molar refractivity (Wildman–Crippen MR) is 108 cm³/mol. The van der Waals surface area contributed by atoms with Crippen LogP contribution in [0.1, 0.15) is 23.2 Å². The van der Waals surface area contributed by atoms with Crippen LogP contribution in [0.15, 0.2) is 12.1 Å². The zero-order chi connectivity index (χ0) is 21.8. The molecule has 2 aromatic rings. The number of aromatic nitrogens is 2. The molecule has 0 saturated carbocycles. The highest BCUT2D eigenvalue weighted by Crippen LogP contribution is 2.40. The molecule has 164 valence electrons. The lowest BCUT2D eigenvalue weighted by molar-refractivity contribution is -0.0552. The van der Waals surface area contributed by atoms with Crippen molar-refractivity contribution in [3.8, 4) is 17.1 Å². The van der Waals surface area contributed by atoms with Gasteiger partial charge in [-0.25, -0.2) is 4.68 Å². The van der Waals surface area contributed by atoms with Crippen molar-refractivity contribution >= 4 is 40.7 Å². The summed E-state index contributed by atoms with van der Waals surface area (Å²) in [5, 5.41) is 6.95. The van der Waals surface area contributed by atoms with Gasteiger partial charge in [0, 0.05) is 25.6 Å². The molecule has 0 unspecified atom stereocenters. The Morgan fingerprint density at radius 1 is 1.30 bits per heavy atom. The number of amides is 1. The number of carbonyl (C=O) groups excluding carboxylic acids is 1. The first-order chi connectivity index (χ1) is 14.3. The molecular weight excluding hydrogens is 467 g/mol. The van der Waals surface area contributed by atoms with Gasteiger partial charge in [-0.2, -0.15) is 13.9 Å². The van der Waals surface area contributed by atoms with Crippen molar-refractivity contribution in [1.29, 1.82) is 0 Å². The van der Waals surface area contributed by atoms with Crippen LogP contribution in [-0.2, 0) is 16.5 Å². The summed E-state index contributed by atoms with van der Waals surface area (Å²) in [6, 6.07) is 2.77. The largest absolute Gasteiger partial charge is 0.416 e. The Bertz CT molecular complexity index is 921. The zero-order valence-corrected chi connectivity index (χ0v) is 18.0. The number of benzene rings is 1. The monoisotopic (exact) mass is 483 g/mol. The molecule has 1 saturated heterocycles. The third kappa shape index (κ3) is 5.33. The second-order valence-corrected chi connectivity index (χ2v) is 7.54. The number of nitrogens with one attached hydrogen (secondary N) is 1. The number of ether oxygens (including phenoxy) is 3. The van der Waals surface area contributed by atoms with Gasteiger partial charge < -0.3 is 19.5 Å². The number of hydrogen-bond acceptors (Lipinski definition) is 5. The van der Waals surface area contributed by atoms with Gasteiger partial charge in [-0.3, -0.25) is 4.79 Å². The van der Waals surface area contributed by atoms with E-state index in [0.29, 0.717) is 32.6 Å². The second kappa shape index (κ2) is 10.1.